The maximum atomic E-state index is 11.4. The second-order valence-electron chi connectivity index (χ2n) is 4.71. The minimum Gasteiger partial charge on any atom is -0.392 e. The molecular formula is C10H21NO4S. The molecule has 0 spiro atoms. The van der Waals surface area contributed by atoms with Crippen LogP contribution in [0.25, 0.3) is 0 Å². The number of aliphatic hydroxyl groups excluding tert-OH is 2. The molecule has 3 unspecified atom stereocenters. The molecular weight excluding hydrogens is 230 g/mol. The van der Waals surface area contributed by atoms with Gasteiger partial charge in [-0.25, -0.2) is 8.42 Å². The van der Waals surface area contributed by atoms with Gasteiger partial charge in [-0.15, -0.1) is 0 Å². The molecule has 0 aliphatic carbocycles. The summed E-state index contributed by atoms with van der Waals surface area (Å²) in [4.78, 5) is 1.87. The third kappa shape index (κ3) is 4.37. The molecule has 0 aromatic carbocycles. The number of rotatable bonds is 5. The van der Waals surface area contributed by atoms with E-state index in [9.17, 15) is 18.6 Å². The van der Waals surface area contributed by atoms with Crippen molar-refractivity contribution in [2.45, 2.75) is 38.5 Å². The Morgan fingerprint density at radius 2 is 1.75 bits per heavy atom. The standard InChI is InChI=1S/C10H21NO4S/c1-8(12)5-11(6-9(2)13)10-3-4-16(14,15)7-10/h8-10,12-13H,3-7H2,1-2H3. The first-order valence-electron chi connectivity index (χ1n) is 5.61. The largest absolute Gasteiger partial charge is 0.392 e. The van der Waals surface area contributed by atoms with Crippen LogP contribution < -0.4 is 0 Å². The summed E-state index contributed by atoms with van der Waals surface area (Å²) in [6.07, 6.45) is -0.425. The van der Waals surface area contributed by atoms with Crippen molar-refractivity contribution >= 4 is 9.84 Å². The zero-order chi connectivity index (χ0) is 12.3. The van der Waals surface area contributed by atoms with Gasteiger partial charge in [-0.05, 0) is 20.3 Å². The minimum atomic E-state index is -2.92. The molecule has 1 heterocycles. The highest BCUT2D eigenvalue weighted by atomic mass is 32.2. The molecule has 6 heteroatoms. The predicted octanol–water partition coefficient (Wildman–Crippen LogP) is -0.763. The van der Waals surface area contributed by atoms with Crippen LogP contribution in [0.2, 0.25) is 0 Å². The third-order valence-corrected chi connectivity index (χ3v) is 4.47. The van der Waals surface area contributed by atoms with Gasteiger partial charge in [0, 0.05) is 19.1 Å². The summed E-state index contributed by atoms with van der Waals surface area (Å²) in [5, 5.41) is 18.7. The minimum absolute atomic E-state index is 0.0609. The van der Waals surface area contributed by atoms with E-state index < -0.39 is 22.0 Å². The van der Waals surface area contributed by atoms with Crippen molar-refractivity contribution < 1.29 is 18.6 Å². The molecule has 96 valence electrons. The van der Waals surface area contributed by atoms with Gasteiger partial charge in [0.2, 0.25) is 0 Å². The summed E-state index contributed by atoms with van der Waals surface area (Å²) in [5.74, 6) is 0.361. The highest BCUT2D eigenvalue weighted by Crippen LogP contribution is 2.18. The molecule has 1 aliphatic heterocycles. The van der Waals surface area contributed by atoms with Gasteiger partial charge < -0.3 is 10.2 Å². The summed E-state index contributed by atoms with van der Waals surface area (Å²) in [6, 6.07) is -0.0609. The fraction of sp³-hybridized carbons (Fsp3) is 1.00. The van der Waals surface area contributed by atoms with E-state index in [1.54, 1.807) is 13.8 Å². The van der Waals surface area contributed by atoms with Gasteiger partial charge in [0.1, 0.15) is 0 Å². The van der Waals surface area contributed by atoms with E-state index in [1.165, 1.54) is 0 Å². The smallest absolute Gasteiger partial charge is 0.151 e. The Kier molecular flexibility index (Phi) is 4.73. The molecule has 1 rings (SSSR count). The van der Waals surface area contributed by atoms with Gasteiger partial charge in [-0.2, -0.15) is 0 Å². The van der Waals surface area contributed by atoms with Crippen LogP contribution in [0.1, 0.15) is 20.3 Å². The average molecular weight is 251 g/mol. The topological polar surface area (TPSA) is 77.8 Å². The molecule has 0 aromatic rings. The predicted molar refractivity (Wildman–Crippen MR) is 62.0 cm³/mol. The van der Waals surface area contributed by atoms with Crippen molar-refractivity contribution in [1.82, 2.24) is 4.90 Å². The summed E-state index contributed by atoms with van der Waals surface area (Å²) in [5.41, 5.74) is 0. The lowest BCUT2D eigenvalue weighted by atomic mass is 10.2. The first kappa shape index (κ1) is 13.9. The first-order valence-corrected chi connectivity index (χ1v) is 7.43. The lowest BCUT2D eigenvalue weighted by molar-refractivity contribution is 0.0633. The van der Waals surface area contributed by atoms with Crippen molar-refractivity contribution in [2.75, 3.05) is 24.6 Å². The van der Waals surface area contributed by atoms with E-state index >= 15 is 0 Å². The van der Waals surface area contributed by atoms with Gasteiger partial charge in [0.25, 0.3) is 0 Å². The van der Waals surface area contributed by atoms with Crippen molar-refractivity contribution in [3.05, 3.63) is 0 Å². The third-order valence-electron chi connectivity index (χ3n) is 2.72. The van der Waals surface area contributed by atoms with Crippen LogP contribution in [0.4, 0.5) is 0 Å². The van der Waals surface area contributed by atoms with E-state index in [0.29, 0.717) is 19.5 Å². The van der Waals surface area contributed by atoms with Gasteiger partial charge in [-0.3, -0.25) is 4.90 Å². The van der Waals surface area contributed by atoms with Crippen LogP contribution in [-0.4, -0.2) is 66.4 Å². The molecule has 0 aromatic heterocycles. The molecule has 0 bridgehead atoms. The van der Waals surface area contributed by atoms with Gasteiger partial charge in [-0.1, -0.05) is 0 Å². The van der Waals surface area contributed by atoms with Gasteiger partial charge in [0.05, 0.1) is 23.7 Å². The van der Waals surface area contributed by atoms with Crippen LogP contribution in [0.15, 0.2) is 0 Å². The fourth-order valence-corrected chi connectivity index (χ4v) is 3.88. The summed E-state index contributed by atoms with van der Waals surface area (Å²) < 4.78 is 22.7. The number of sulfone groups is 1. The molecule has 16 heavy (non-hydrogen) atoms. The molecule has 3 atom stereocenters. The van der Waals surface area contributed by atoms with Crippen molar-refractivity contribution in [3.63, 3.8) is 0 Å². The Morgan fingerprint density at radius 1 is 1.25 bits per heavy atom. The number of hydrogen-bond donors (Lipinski definition) is 2. The summed E-state index contributed by atoms with van der Waals surface area (Å²) in [6.45, 7) is 4.15. The highest BCUT2D eigenvalue weighted by molar-refractivity contribution is 7.91. The second kappa shape index (κ2) is 5.44. The Morgan fingerprint density at radius 3 is 2.06 bits per heavy atom. The first-order chi connectivity index (χ1) is 7.30. The molecule has 5 nitrogen and oxygen atoms in total. The zero-order valence-electron chi connectivity index (χ0n) is 9.83. The monoisotopic (exact) mass is 251 g/mol. The number of hydrogen-bond acceptors (Lipinski definition) is 5. The van der Waals surface area contributed by atoms with E-state index in [0.717, 1.165) is 0 Å². The molecule has 1 aliphatic rings. The van der Waals surface area contributed by atoms with E-state index in [1.807, 2.05) is 4.90 Å². The van der Waals surface area contributed by atoms with Gasteiger partial charge in [0.15, 0.2) is 9.84 Å². The van der Waals surface area contributed by atoms with Crippen LogP contribution in [0.3, 0.4) is 0 Å². The SMILES string of the molecule is CC(O)CN(CC(C)O)C1CCS(=O)(=O)C1. The maximum absolute atomic E-state index is 11.4. The van der Waals surface area contributed by atoms with E-state index in [-0.39, 0.29) is 17.5 Å². The molecule has 0 saturated carbocycles. The van der Waals surface area contributed by atoms with Crippen LogP contribution in [0.5, 0.6) is 0 Å². The average Bonchev–Trinajstić information content (AvgIpc) is 2.43. The van der Waals surface area contributed by atoms with Crippen LogP contribution >= 0.6 is 0 Å². The fourth-order valence-electron chi connectivity index (χ4n) is 2.11. The lowest BCUT2D eigenvalue weighted by Crippen LogP contribution is -2.44. The Labute approximate surface area is 97.0 Å². The van der Waals surface area contributed by atoms with Gasteiger partial charge >= 0.3 is 0 Å². The molecule has 0 amide bonds. The second-order valence-corrected chi connectivity index (χ2v) is 6.94. The Bertz CT molecular complexity index is 303. The zero-order valence-corrected chi connectivity index (χ0v) is 10.7. The van der Waals surface area contributed by atoms with Crippen molar-refractivity contribution in [3.8, 4) is 0 Å². The molecule has 1 fully saturated rings. The lowest BCUT2D eigenvalue weighted by Gasteiger charge is -2.30. The summed E-state index contributed by atoms with van der Waals surface area (Å²) >= 11 is 0. The Hall–Kier alpha value is -0.170. The van der Waals surface area contributed by atoms with Crippen LogP contribution in [0, 0.1) is 0 Å². The normalized spacial score (nSPS) is 28.2. The molecule has 2 N–H and O–H groups in total. The van der Waals surface area contributed by atoms with E-state index in [4.69, 9.17) is 0 Å². The van der Waals surface area contributed by atoms with Crippen molar-refractivity contribution in [1.29, 1.82) is 0 Å². The number of nitrogens with zero attached hydrogens (tertiary/aromatic N) is 1. The molecule has 0 radical (unpaired) electrons. The molecule has 1 saturated heterocycles. The van der Waals surface area contributed by atoms with Crippen LogP contribution in [-0.2, 0) is 9.84 Å². The Balaban J connectivity index is 2.62. The maximum Gasteiger partial charge on any atom is 0.151 e. The quantitative estimate of drug-likeness (QED) is 0.671. The number of aliphatic hydroxyl groups is 2. The highest BCUT2D eigenvalue weighted by Gasteiger charge is 2.32. The summed E-state index contributed by atoms with van der Waals surface area (Å²) in [7, 11) is -2.92. The van der Waals surface area contributed by atoms with E-state index in [2.05, 4.69) is 0 Å². The van der Waals surface area contributed by atoms with Crippen molar-refractivity contribution in [2.24, 2.45) is 0 Å².